The summed E-state index contributed by atoms with van der Waals surface area (Å²) in [5.41, 5.74) is 1.94. The minimum Gasteiger partial charge on any atom is -0.478 e. The molecule has 122 valence electrons. The SMILES string of the molecule is O=C(O)c1cccc(CCNC(=O)c2c(Cl)nc3ccccn23)c1. The van der Waals surface area contributed by atoms with Crippen molar-refractivity contribution in [1.82, 2.24) is 14.7 Å². The molecule has 0 saturated carbocycles. The summed E-state index contributed by atoms with van der Waals surface area (Å²) >= 11 is 6.06. The van der Waals surface area contributed by atoms with Gasteiger partial charge in [-0.3, -0.25) is 9.20 Å². The van der Waals surface area contributed by atoms with Gasteiger partial charge in [0.25, 0.3) is 5.91 Å². The van der Waals surface area contributed by atoms with Crippen LogP contribution in [-0.2, 0) is 6.42 Å². The lowest BCUT2D eigenvalue weighted by molar-refractivity contribution is 0.0696. The van der Waals surface area contributed by atoms with Crippen molar-refractivity contribution < 1.29 is 14.7 Å². The number of carboxylic acids is 1. The Balaban J connectivity index is 1.68. The van der Waals surface area contributed by atoms with Gasteiger partial charge in [0.15, 0.2) is 10.8 Å². The number of carbonyl (C=O) groups is 2. The number of hydrogen-bond donors (Lipinski definition) is 2. The molecule has 3 rings (SSSR count). The predicted molar refractivity (Wildman–Crippen MR) is 89.6 cm³/mol. The van der Waals surface area contributed by atoms with E-state index in [9.17, 15) is 9.59 Å². The molecule has 2 N–H and O–H groups in total. The van der Waals surface area contributed by atoms with E-state index in [1.807, 2.05) is 12.1 Å². The number of amides is 1. The molecule has 0 saturated heterocycles. The van der Waals surface area contributed by atoms with Gasteiger partial charge in [0.1, 0.15) is 5.65 Å². The number of nitrogens with one attached hydrogen (secondary N) is 1. The highest BCUT2D eigenvalue weighted by atomic mass is 35.5. The first-order chi connectivity index (χ1) is 11.6. The molecule has 1 amide bonds. The molecule has 0 fully saturated rings. The number of nitrogens with zero attached hydrogens (tertiary/aromatic N) is 2. The van der Waals surface area contributed by atoms with Gasteiger partial charge in [-0.15, -0.1) is 0 Å². The van der Waals surface area contributed by atoms with E-state index < -0.39 is 5.97 Å². The fourth-order valence-corrected chi connectivity index (χ4v) is 2.70. The quantitative estimate of drug-likeness (QED) is 0.746. The van der Waals surface area contributed by atoms with E-state index >= 15 is 0 Å². The Morgan fingerprint density at radius 1 is 1.21 bits per heavy atom. The fourth-order valence-electron chi connectivity index (χ4n) is 2.43. The second-order valence-corrected chi connectivity index (χ2v) is 5.55. The van der Waals surface area contributed by atoms with E-state index in [1.165, 1.54) is 6.07 Å². The lowest BCUT2D eigenvalue weighted by Crippen LogP contribution is -2.27. The molecule has 0 aliphatic rings. The highest BCUT2D eigenvalue weighted by Gasteiger charge is 2.17. The van der Waals surface area contributed by atoms with Crippen LogP contribution in [0.1, 0.15) is 26.4 Å². The molecule has 0 unspecified atom stereocenters. The van der Waals surface area contributed by atoms with Crippen LogP contribution < -0.4 is 5.32 Å². The molecule has 0 spiro atoms. The van der Waals surface area contributed by atoms with Crippen LogP contribution in [0.3, 0.4) is 0 Å². The third-order valence-corrected chi connectivity index (χ3v) is 3.84. The van der Waals surface area contributed by atoms with Crippen molar-refractivity contribution in [2.24, 2.45) is 0 Å². The number of pyridine rings is 1. The number of fused-ring (bicyclic) bond motifs is 1. The second kappa shape index (κ2) is 6.72. The summed E-state index contributed by atoms with van der Waals surface area (Å²) in [4.78, 5) is 27.4. The Morgan fingerprint density at radius 3 is 2.83 bits per heavy atom. The van der Waals surface area contributed by atoms with Gasteiger partial charge >= 0.3 is 5.97 Å². The topological polar surface area (TPSA) is 83.7 Å². The minimum absolute atomic E-state index is 0.145. The molecular weight excluding hydrogens is 330 g/mol. The molecule has 2 heterocycles. The van der Waals surface area contributed by atoms with Crippen LogP contribution in [0.2, 0.25) is 5.15 Å². The third-order valence-electron chi connectivity index (χ3n) is 3.58. The van der Waals surface area contributed by atoms with Crippen molar-refractivity contribution in [3.8, 4) is 0 Å². The number of imidazole rings is 1. The summed E-state index contributed by atoms with van der Waals surface area (Å²) in [6.07, 6.45) is 2.24. The maximum Gasteiger partial charge on any atom is 0.335 e. The molecule has 0 aliphatic carbocycles. The van der Waals surface area contributed by atoms with Gasteiger partial charge in [-0.05, 0) is 36.2 Å². The van der Waals surface area contributed by atoms with Gasteiger partial charge in [0, 0.05) is 12.7 Å². The van der Waals surface area contributed by atoms with Gasteiger partial charge in [-0.25, -0.2) is 9.78 Å². The number of benzene rings is 1. The zero-order chi connectivity index (χ0) is 17.1. The summed E-state index contributed by atoms with van der Waals surface area (Å²) < 4.78 is 1.63. The van der Waals surface area contributed by atoms with E-state index in [0.717, 1.165) is 5.56 Å². The predicted octanol–water partition coefficient (Wildman–Crippen LogP) is 2.66. The lowest BCUT2D eigenvalue weighted by Gasteiger charge is -2.06. The Labute approximate surface area is 142 Å². The molecular formula is C17H14ClN3O3. The smallest absolute Gasteiger partial charge is 0.335 e. The van der Waals surface area contributed by atoms with Crippen LogP contribution in [0.15, 0.2) is 48.7 Å². The number of carbonyl (C=O) groups excluding carboxylic acids is 1. The maximum atomic E-state index is 12.4. The van der Waals surface area contributed by atoms with Gasteiger partial charge in [0.2, 0.25) is 0 Å². The molecule has 1 aromatic carbocycles. The van der Waals surface area contributed by atoms with E-state index in [4.69, 9.17) is 16.7 Å². The van der Waals surface area contributed by atoms with E-state index in [1.54, 1.807) is 34.9 Å². The molecule has 0 atom stereocenters. The van der Waals surface area contributed by atoms with Crippen LogP contribution in [0.25, 0.3) is 5.65 Å². The van der Waals surface area contributed by atoms with Crippen LogP contribution in [-0.4, -0.2) is 32.9 Å². The summed E-state index contributed by atoms with van der Waals surface area (Å²) in [5, 5.41) is 11.9. The first-order valence-corrected chi connectivity index (χ1v) is 7.67. The molecule has 6 nitrogen and oxygen atoms in total. The molecule has 0 radical (unpaired) electrons. The van der Waals surface area contributed by atoms with E-state index in [-0.39, 0.29) is 22.3 Å². The summed E-state index contributed by atoms with van der Waals surface area (Å²) in [6.45, 7) is 0.359. The van der Waals surface area contributed by atoms with Gasteiger partial charge in [0.05, 0.1) is 5.56 Å². The Kier molecular flexibility index (Phi) is 4.48. The molecule has 24 heavy (non-hydrogen) atoms. The minimum atomic E-state index is -0.974. The Morgan fingerprint density at radius 2 is 2.04 bits per heavy atom. The zero-order valence-corrected chi connectivity index (χ0v) is 13.3. The molecule has 2 aromatic heterocycles. The van der Waals surface area contributed by atoms with Crippen molar-refractivity contribution in [3.63, 3.8) is 0 Å². The Hall–Kier alpha value is -2.86. The molecule has 0 bridgehead atoms. The van der Waals surface area contributed by atoms with Crippen LogP contribution in [0.5, 0.6) is 0 Å². The van der Waals surface area contributed by atoms with Crippen LogP contribution in [0.4, 0.5) is 0 Å². The molecule has 3 aromatic rings. The normalized spacial score (nSPS) is 10.7. The summed E-state index contributed by atoms with van der Waals surface area (Å²) in [6, 6.07) is 12.0. The van der Waals surface area contributed by atoms with Crippen molar-refractivity contribution in [3.05, 3.63) is 70.6 Å². The average Bonchev–Trinajstić information content (AvgIpc) is 2.90. The molecule has 7 heteroatoms. The standard InChI is InChI=1S/C17H14ClN3O3/c18-15-14(21-9-2-1-6-13(21)20-15)16(22)19-8-7-11-4-3-5-12(10-11)17(23)24/h1-6,9-10H,7-8H2,(H,19,22)(H,23,24). The molecule has 0 aliphatic heterocycles. The Bertz CT molecular complexity index is 920. The third kappa shape index (κ3) is 3.23. The van der Waals surface area contributed by atoms with E-state index in [2.05, 4.69) is 10.3 Å². The first kappa shape index (κ1) is 16.0. The summed E-state index contributed by atoms with van der Waals surface area (Å²) in [5.74, 6) is -1.30. The monoisotopic (exact) mass is 343 g/mol. The number of hydrogen-bond acceptors (Lipinski definition) is 3. The number of aromatic carboxylic acids is 1. The van der Waals surface area contributed by atoms with Gasteiger partial charge < -0.3 is 10.4 Å². The lowest BCUT2D eigenvalue weighted by atomic mass is 10.1. The van der Waals surface area contributed by atoms with Gasteiger partial charge in [-0.2, -0.15) is 0 Å². The largest absolute Gasteiger partial charge is 0.478 e. The highest BCUT2D eigenvalue weighted by Crippen LogP contribution is 2.17. The first-order valence-electron chi connectivity index (χ1n) is 7.29. The second-order valence-electron chi connectivity index (χ2n) is 5.19. The number of carboxylic acid groups (broad SMARTS) is 1. The number of halogens is 1. The fraction of sp³-hybridized carbons (Fsp3) is 0.118. The van der Waals surface area contributed by atoms with Crippen molar-refractivity contribution in [2.75, 3.05) is 6.54 Å². The van der Waals surface area contributed by atoms with Crippen molar-refractivity contribution in [2.45, 2.75) is 6.42 Å². The van der Waals surface area contributed by atoms with Crippen molar-refractivity contribution >= 4 is 29.1 Å². The highest BCUT2D eigenvalue weighted by molar-refractivity contribution is 6.32. The van der Waals surface area contributed by atoms with Crippen molar-refractivity contribution in [1.29, 1.82) is 0 Å². The summed E-state index contributed by atoms with van der Waals surface area (Å²) in [7, 11) is 0. The van der Waals surface area contributed by atoms with E-state index in [0.29, 0.717) is 18.6 Å². The maximum absolute atomic E-state index is 12.4. The zero-order valence-electron chi connectivity index (χ0n) is 12.6. The van der Waals surface area contributed by atoms with Gasteiger partial charge in [-0.1, -0.05) is 29.8 Å². The number of aromatic nitrogens is 2. The number of rotatable bonds is 5. The van der Waals surface area contributed by atoms with Crippen LogP contribution >= 0.6 is 11.6 Å². The van der Waals surface area contributed by atoms with Crippen LogP contribution in [0, 0.1) is 0 Å². The average molecular weight is 344 g/mol.